The zero-order valence-corrected chi connectivity index (χ0v) is 26.8. The molecule has 1 aromatic heterocycles. The van der Waals surface area contributed by atoms with Crippen molar-refractivity contribution in [3.05, 3.63) is 94.2 Å². The van der Waals surface area contributed by atoms with E-state index in [9.17, 15) is 13.2 Å². The van der Waals surface area contributed by atoms with Crippen molar-refractivity contribution < 1.29 is 27.1 Å². The van der Waals surface area contributed by atoms with Gasteiger partial charge in [-0.2, -0.15) is 0 Å². The van der Waals surface area contributed by atoms with Crippen molar-refractivity contribution in [2.24, 2.45) is 0 Å². The second-order valence-electron chi connectivity index (χ2n) is 11.1. The zero-order valence-electron chi connectivity index (χ0n) is 25.2. The molecule has 0 fully saturated rings. The second kappa shape index (κ2) is 14.6. The summed E-state index contributed by atoms with van der Waals surface area (Å²) in [5.74, 6) is 0.591. The number of unbranched alkanes of at least 4 members (excludes halogenated alkanes) is 3. The van der Waals surface area contributed by atoms with Gasteiger partial charge in [0.2, 0.25) is 10.0 Å². The first-order chi connectivity index (χ1) is 21.3. The van der Waals surface area contributed by atoms with Crippen LogP contribution in [0.1, 0.15) is 59.9 Å². The highest BCUT2D eigenvalue weighted by atomic mass is 35.5. The number of rotatable bonds is 15. The van der Waals surface area contributed by atoms with Crippen LogP contribution in [0.5, 0.6) is 5.75 Å². The molecule has 234 valence electrons. The summed E-state index contributed by atoms with van der Waals surface area (Å²) >= 11 is 6.40. The molecule has 4 aromatic rings. The van der Waals surface area contributed by atoms with Gasteiger partial charge in [-0.05, 0) is 72.9 Å². The number of methoxy groups -OCH3 is 1. The Labute approximate surface area is 264 Å². The lowest BCUT2D eigenvalue weighted by atomic mass is 10.1. The molecule has 1 aliphatic rings. The lowest BCUT2D eigenvalue weighted by Crippen LogP contribution is -2.40. The predicted octanol–water partition coefficient (Wildman–Crippen LogP) is 6.78. The number of nitrogens with zero attached hydrogens (tertiary/aromatic N) is 1. The average Bonchev–Trinajstić information content (AvgIpc) is 3.64. The van der Waals surface area contributed by atoms with E-state index in [0.29, 0.717) is 49.0 Å². The van der Waals surface area contributed by atoms with Crippen molar-refractivity contribution in [1.29, 1.82) is 0 Å². The Kier molecular flexibility index (Phi) is 10.6. The number of carbonyl (C=O) groups is 1. The molecule has 10 heteroatoms. The van der Waals surface area contributed by atoms with Gasteiger partial charge in [0.15, 0.2) is 5.76 Å². The number of ether oxygens (including phenoxy) is 2. The third-order valence-corrected chi connectivity index (χ3v) is 9.66. The van der Waals surface area contributed by atoms with Gasteiger partial charge in [0.25, 0.3) is 5.91 Å². The first-order valence-corrected chi connectivity index (χ1v) is 17.0. The van der Waals surface area contributed by atoms with Crippen LogP contribution in [-0.4, -0.2) is 52.1 Å². The van der Waals surface area contributed by atoms with Crippen molar-refractivity contribution in [3.8, 4) is 5.75 Å². The number of halogens is 1. The fraction of sp³-hybridized carbons (Fsp3) is 0.382. The van der Waals surface area contributed by atoms with E-state index >= 15 is 0 Å². The molecule has 3 aromatic carbocycles. The van der Waals surface area contributed by atoms with Crippen molar-refractivity contribution in [1.82, 2.24) is 9.62 Å². The van der Waals surface area contributed by atoms with Gasteiger partial charge in [-0.1, -0.05) is 62.1 Å². The van der Waals surface area contributed by atoms with E-state index in [1.165, 1.54) is 0 Å². The Bertz CT molecular complexity index is 1670. The molecule has 1 unspecified atom stereocenters. The quantitative estimate of drug-likeness (QED) is 0.144. The van der Waals surface area contributed by atoms with Crippen molar-refractivity contribution in [3.63, 3.8) is 0 Å². The summed E-state index contributed by atoms with van der Waals surface area (Å²) in [5.41, 5.74) is 3.31. The number of carbonyl (C=O) groups excluding carboxylic acids is 1. The lowest BCUT2D eigenvalue weighted by molar-refractivity contribution is 0.0634. The van der Waals surface area contributed by atoms with E-state index in [4.69, 9.17) is 25.5 Å². The number of sulfonamides is 1. The first kappa shape index (κ1) is 32.0. The Morgan fingerprint density at radius 3 is 2.61 bits per heavy atom. The van der Waals surface area contributed by atoms with Crippen LogP contribution in [0.25, 0.3) is 11.0 Å². The minimum Gasteiger partial charge on any atom is -0.491 e. The number of hydrogen-bond donors (Lipinski definition) is 1. The van der Waals surface area contributed by atoms with E-state index in [2.05, 4.69) is 11.6 Å². The van der Waals surface area contributed by atoms with Crippen LogP contribution in [0.3, 0.4) is 0 Å². The average molecular weight is 639 g/mol. The maximum Gasteiger partial charge on any atom is 0.290 e. The van der Waals surface area contributed by atoms with E-state index in [1.54, 1.807) is 42.3 Å². The van der Waals surface area contributed by atoms with Crippen molar-refractivity contribution >= 4 is 38.5 Å². The molecule has 0 spiro atoms. The summed E-state index contributed by atoms with van der Waals surface area (Å²) in [6.07, 6.45) is 5.05. The molecule has 1 aliphatic carbocycles. The summed E-state index contributed by atoms with van der Waals surface area (Å²) in [6, 6.07) is 19.7. The van der Waals surface area contributed by atoms with E-state index in [0.717, 1.165) is 47.8 Å². The highest BCUT2D eigenvalue weighted by Crippen LogP contribution is 2.33. The molecule has 0 saturated heterocycles. The Morgan fingerprint density at radius 2 is 1.82 bits per heavy atom. The fourth-order valence-corrected chi connectivity index (χ4v) is 6.95. The number of benzene rings is 3. The van der Waals surface area contributed by atoms with Crippen LogP contribution in [0.4, 0.5) is 0 Å². The molecule has 0 aliphatic heterocycles. The maximum atomic E-state index is 14.2. The summed E-state index contributed by atoms with van der Waals surface area (Å²) in [5, 5.41) is 1.37. The molecule has 1 N–H and O–H groups in total. The molecule has 0 saturated carbocycles. The van der Waals surface area contributed by atoms with Gasteiger partial charge >= 0.3 is 0 Å². The number of para-hydroxylation sites is 1. The van der Waals surface area contributed by atoms with Gasteiger partial charge in [0.1, 0.15) is 17.9 Å². The maximum absolute atomic E-state index is 14.2. The Hall–Kier alpha value is -3.37. The SMILES string of the molecule is CCCCCCNS(=O)(=O)c1ccc2c(c1)CC(N(Cc1cc(Cl)ccc1OCCOC)C(=O)c1cc3ccccc3o1)C2. The number of amides is 1. The standard InChI is InChI=1S/C34H39ClN2O6S/c1-3-4-5-8-15-36-44(39,40)30-13-11-24-19-29(20-26(24)21-30)37(34(38)33-22-25-9-6-7-10-32(25)43-33)23-27-18-28(35)12-14-31(27)42-17-16-41-2/h6-7,9-14,18,21-22,29,36H,3-5,8,15-17,19-20,23H2,1-2H3. The normalized spacial score (nSPS) is 14.6. The third kappa shape index (κ3) is 7.64. The number of nitrogens with one attached hydrogen (secondary N) is 1. The van der Waals surface area contributed by atoms with Crippen LogP contribution >= 0.6 is 11.6 Å². The number of fused-ring (bicyclic) bond motifs is 2. The lowest BCUT2D eigenvalue weighted by Gasteiger charge is -2.29. The van der Waals surface area contributed by atoms with Crippen LogP contribution in [0, 0.1) is 0 Å². The summed E-state index contributed by atoms with van der Waals surface area (Å²) in [7, 11) is -2.03. The highest BCUT2D eigenvalue weighted by molar-refractivity contribution is 7.89. The monoisotopic (exact) mass is 638 g/mol. The summed E-state index contributed by atoms with van der Waals surface area (Å²) in [4.78, 5) is 16.2. The predicted molar refractivity (Wildman–Crippen MR) is 172 cm³/mol. The third-order valence-electron chi connectivity index (χ3n) is 7.97. The molecule has 1 heterocycles. The van der Waals surface area contributed by atoms with E-state index in [-0.39, 0.29) is 29.1 Å². The smallest absolute Gasteiger partial charge is 0.290 e. The van der Waals surface area contributed by atoms with Gasteiger partial charge < -0.3 is 18.8 Å². The Morgan fingerprint density at radius 1 is 1.00 bits per heavy atom. The molecule has 1 amide bonds. The van der Waals surface area contributed by atoms with Gasteiger partial charge in [0.05, 0.1) is 18.0 Å². The van der Waals surface area contributed by atoms with E-state index in [1.807, 2.05) is 36.4 Å². The molecule has 1 atom stereocenters. The second-order valence-corrected chi connectivity index (χ2v) is 13.3. The van der Waals surface area contributed by atoms with Crippen LogP contribution in [0.15, 0.2) is 76.0 Å². The van der Waals surface area contributed by atoms with Crippen molar-refractivity contribution in [2.75, 3.05) is 26.9 Å². The van der Waals surface area contributed by atoms with Gasteiger partial charge in [-0.3, -0.25) is 4.79 Å². The fourth-order valence-electron chi connectivity index (χ4n) is 5.63. The van der Waals surface area contributed by atoms with Crippen LogP contribution in [0.2, 0.25) is 5.02 Å². The zero-order chi connectivity index (χ0) is 31.1. The molecular formula is C34H39ClN2O6S. The van der Waals surface area contributed by atoms with Gasteiger partial charge in [0, 0.05) is 35.7 Å². The first-order valence-electron chi connectivity index (χ1n) is 15.1. The molecule has 44 heavy (non-hydrogen) atoms. The van der Waals surface area contributed by atoms with Crippen molar-refractivity contribution in [2.45, 2.75) is 62.9 Å². The van der Waals surface area contributed by atoms with Gasteiger partial charge in [-0.15, -0.1) is 0 Å². The molecule has 8 nitrogen and oxygen atoms in total. The molecular weight excluding hydrogens is 600 g/mol. The minimum atomic E-state index is -3.64. The van der Waals surface area contributed by atoms with Crippen LogP contribution in [-0.2, 0) is 34.1 Å². The van der Waals surface area contributed by atoms with Gasteiger partial charge in [-0.25, -0.2) is 13.1 Å². The summed E-state index contributed by atoms with van der Waals surface area (Å²) in [6.45, 7) is 3.53. The highest BCUT2D eigenvalue weighted by Gasteiger charge is 2.33. The Balaban J connectivity index is 1.42. The molecule has 0 radical (unpaired) electrons. The van der Waals surface area contributed by atoms with E-state index < -0.39 is 10.0 Å². The number of hydrogen-bond acceptors (Lipinski definition) is 6. The minimum absolute atomic E-state index is 0.224. The summed E-state index contributed by atoms with van der Waals surface area (Å²) < 4.78 is 46.0. The topological polar surface area (TPSA) is 98.1 Å². The molecule has 5 rings (SSSR count). The largest absolute Gasteiger partial charge is 0.491 e. The number of furan rings is 1. The molecule has 0 bridgehead atoms. The van der Waals surface area contributed by atoms with Crippen LogP contribution < -0.4 is 9.46 Å².